The van der Waals surface area contributed by atoms with Gasteiger partial charge in [0, 0.05) is 33.5 Å². The molecular formula is C28H28F4N4O2. The van der Waals surface area contributed by atoms with Gasteiger partial charge >= 0.3 is 0 Å². The number of amides is 1. The summed E-state index contributed by atoms with van der Waals surface area (Å²) in [5, 5.41) is 12.0. The van der Waals surface area contributed by atoms with Gasteiger partial charge in [0.2, 0.25) is 0 Å². The van der Waals surface area contributed by atoms with Crippen LogP contribution in [0, 0.1) is 28.7 Å². The highest BCUT2D eigenvalue weighted by atomic mass is 19.1. The number of anilines is 2. The van der Waals surface area contributed by atoms with E-state index in [0.717, 1.165) is 24.3 Å². The van der Waals surface area contributed by atoms with Crippen LogP contribution in [0.25, 0.3) is 0 Å². The predicted molar refractivity (Wildman–Crippen MR) is 138 cm³/mol. The molecule has 0 unspecified atom stereocenters. The van der Waals surface area contributed by atoms with Gasteiger partial charge in [-0.1, -0.05) is 32.9 Å². The van der Waals surface area contributed by atoms with Gasteiger partial charge in [0.1, 0.15) is 0 Å². The van der Waals surface area contributed by atoms with E-state index < -0.39 is 51.5 Å². The molecule has 0 atom stereocenters. The van der Waals surface area contributed by atoms with Gasteiger partial charge in [-0.05, 0) is 57.2 Å². The Labute approximate surface area is 218 Å². The molecule has 3 aromatic rings. The quantitative estimate of drug-likeness (QED) is 0.192. The number of carbonyl (C=O) groups excluding carboxylic acids is 2. The van der Waals surface area contributed by atoms with Gasteiger partial charge in [-0.2, -0.15) is 0 Å². The first-order valence-electron chi connectivity index (χ1n) is 11.7. The fraction of sp³-hybridized carbons (Fsp3) is 0.286. The van der Waals surface area contributed by atoms with Crippen molar-refractivity contribution in [1.29, 1.82) is 0 Å². The van der Waals surface area contributed by atoms with Crippen molar-refractivity contribution in [3.05, 3.63) is 82.9 Å². The van der Waals surface area contributed by atoms with Crippen LogP contribution in [0.3, 0.4) is 0 Å². The summed E-state index contributed by atoms with van der Waals surface area (Å²) < 4.78 is 58.0. The summed E-state index contributed by atoms with van der Waals surface area (Å²) in [5.74, 6) is -5.32. The minimum Gasteiger partial charge on any atom is -0.380 e. The fourth-order valence-electron chi connectivity index (χ4n) is 3.41. The molecule has 0 aliphatic carbocycles. The van der Waals surface area contributed by atoms with Crippen LogP contribution in [-0.4, -0.2) is 17.2 Å². The van der Waals surface area contributed by atoms with Crippen molar-refractivity contribution in [2.24, 2.45) is 15.6 Å². The lowest BCUT2D eigenvalue weighted by atomic mass is 9.86. The number of nitrogens with one attached hydrogen (secondary N) is 2. The van der Waals surface area contributed by atoms with E-state index in [0.29, 0.717) is 5.56 Å². The number of rotatable bonds is 6. The van der Waals surface area contributed by atoms with Crippen LogP contribution in [0.1, 0.15) is 62.3 Å². The van der Waals surface area contributed by atoms with Gasteiger partial charge in [0.15, 0.2) is 40.4 Å². The molecule has 0 spiro atoms. The molecule has 0 aromatic heterocycles. The minimum absolute atomic E-state index is 0.101. The van der Waals surface area contributed by atoms with Crippen LogP contribution in [0.5, 0.6) is 0 Å². The molecule has 38 heavy (non-hydrogen) atoms. The van der Waals surface area contributed by atoms with Gasteiger partial charge in [0.25, 0.3) is 5.91 Å². The Bertz CT molecular complexity index is 1360. The van der Waals surface area contributed by atoms with Gasteiger partial charge in [-0.25, -0.2) is 17.6 Å². The predicted octanol–water partition coefficient (Wildman–Crippen LogP) is 8.35. The van der Waals surface area contributed by atoms with E-state index in [1.165, 1.54) is 24.3 Å². The Balaban J connectivity index is 1.78. The largest absolute Gasteiger partial charge is 0.380 e. The standard InChI is InChI=1S/C28H28F4N4O2/c1-27(2,3)25(37)15-7-9-16(10-8-15)26(38)33-17-11-19(29)23(20(30)12-17)35-36-24-21(31)13-18(14-22(24)32)34-28(4,5)6/h7-14,34H,1-6H3,(H,33,38)/b36-35+. The normalized spacial score (nSPS) is 12.1. The number of hydrogen-bond acceptors (Lipinski definition) is 5. The topological polar surface area (TPSA) is 82.9 Å². The monoisotopic (exact) mass is 528 g/mol. The summed E-state index contributed by atoms with van der Waals surface area (Å²) in [4.78, 5) is 24.9. The smallest absolute Gasteiger partial charge is 0.255 e. The molecule has 2 N–H and O–H groups in total. The van der Waals surface area contributed by atoms with Gasteiger partial charge in [-0.15, -0.1) is 10.2 Å². The molecule has 10 heteroatoms. The van der Waals surface area contributed by atoms with Crippen molar-refractivity contribution in [2.75, 3.05) is 10.6 Å². The highest BCUT2D eigenvalue weighted by molar-refractivity contribution is 6.05. The third-order valence-electron chi connectivity index (χ3n) is 5.15. The Morgan fingerprint density at radius 3 is 1.45 bits per heavy atom. The van der Waals surface area contributed by atoms with Crippen LogP contribution in [0.4, 0.5) is 40.3 Å². The Morgan fingerprint density at radius 1 is 0.658 bits per heavy atom. The zero-order valence-corrected chi connectivity index (χ0v) is 21.8. The Morgan fingerprint density at radius 2 is 1.05 bits per heavy atom. The first-order chi connectivity index (χ1) is 17.5. The van der Waals surface area contributed by atoms with E-state index >= 15 is 0 Å². The SMILES string of the molecule is CC(C)(C)Nc1cc(F)c(/N=N/c2c(F)cc(NC(=O)c3ccc(C(=O)C(C)(C)C)cc3)cc2F)c(F)c1. The molecule has 200 valence electrons. The number of nitrogens with zero attached hydrogens (tertiary/aromatic N) is 2. The zero-order valence-electron chi connectivity index (χ0n) is 21.8. The Hall–Kier alpha value is -4.08. The molecule has 1 amide bonds. The van der Waals surface area contributed by atoms with Crippen LogP contribution in [0.15, 0.2) is 58.8 Å². The maximum Gasteiger partial charge on any atom is 0.255 e. The molecule has 6 nitrogen and oxygen atoms in total. The number of halogens is 4. The van der Waals surface area contributed by atoms with Gasteiger partial charge < -0.3 is 10.6 Å². The van der Waals surface area contributed by atoms with Gasteiger partial charge in [-0.3, -0.25) is 9.59 Å². The highest BCUT2D eigenvalue weighted by Crippen LogP contribution is 2.32. The summed E-state index contributed by atoms with van der Waals surface area (Å²) in [6, 6.07) is 9.45. The van der Waals surface area contributed by atoms with Crippen molar-refractivity contribution in [2.45, 2.75) is 47.1 Å². The van der Waals surface area contributed by atoms with Crippen LogP contribution in [0.2, 0.25) is 0 Å². The number of azo groups is 1. The lowest BCUT2D eigenvalue weighted by Crippen LogP contribution is -2.26. The average molecular weight is 529 g/mol. The minimum atomic E-state index is -1.21. The van der Waals surface area contributed by atoms with Crippen molar-refractivity contribution in [3.63, 3.8) is 0 Å². The molecular weight excluding hydrogens is 500 g/mol. The maximum absolute atomic E-state index is 14.6. The van der Waals surface area contributed by atoms with Crippen molar-refractivity contribution in [3.8, 4) is 0 Å². The van der Waals surface area contributed by atoms with Crippen LogP contribution >= 0.6 is 0 Å². The van der Waals surface area contributed by atoms with E-state index in [4.69, 9.17) is 0 Å². The van der Waals surface area contributed by atoms with Crippen molar-refractivity contribution >= 4 is 34.4 Å². The third kappa shape index (κ3) is 7.02. The van der Waals surface area contributed by atoms with Crippen LogP contribution < -0.4 is 10.6 Å². The second-order valence-corrected chi connectivity index (χ2v) is 10.8. The maximum atomic E-state index is 14.6. The van der Waals surface area contributed by atoms with Crippen molar-refractivity contribution in [1.82, 2.24) is 0 Å². The molecule has 0 aliphatic heterocycles. The van der Waals surface area contributed by atoms with E-state index in [9.17, 15) is 27.2 Å². The molecule has 0 saturated carbocycles. The number of carbonyl (C=O) groups is 2. The lowest BCUT2D eigenvalue weighted by Gasteiger charge is -2.22. The summed E-state index contributed by atoms with van der Waals surface area (Å²) in [5.41, 5.74) is -2.21. The molecule has 0 aliphatic rings. The molecule has 0 saturated heterocycles. The highest BCUT2D eigenvalue weighted by Gasteiger charge is 2.23. The number of benzene rings is 3. The summed E-state index contributed by atoms with van der Waals surface area (Å²) >= 11 is 0. The van der Waals surface area contributed by atoms with E-state index in [1.54, 1.807) is 41.5 Å². The number of Topliss-reactive ketones (excluding diaryl/α,β-unsaturated/α-hetero) is 1. The molecule has 0 fully saturated rings. The second kappa shape index (κ2) is 10.7. The van der Waals surface area contributed by atoms with Gasteiger partial charge in [0.05, 0.1) is 0 Å². The van der Waals surface area contributed by atoms with Crippen molar-refractivity contribution < 1.29 is 27.2 Å². The molecule has 3 rings (SSSR count). The average Bonchev–Trinajstić information content (AvgIpc) is 2.77. The molecule has 3 aromatic carbocycles. The second-order valence-electron chi connectivity index (χ2n) is 10.8. The van der Waals surface area contributed by atoms with E-state index in [-0.39, 0.29) is 22.7 Å². The fourth-order valence-corrected chi connectivity index (χ4v) is 3.41. The molecule has 0 heterocycles. The molecule has 0 radical (unpaired) electrons. The van der Waals surface area contributed by atoms with Crippen LogP contribution in [-0.2, 0) is 0 Å². The summed E-state index contributed by atoms with van der Waals surface area (Å²) in [6.07, 6.45) is 0. The summed E-state index contributed by atoms with van der Waals surface area (Å²) in [6.45, 7) is 10.7. The van der Waals surface area contributed by atoms with E-state index in [1.807, 2.05) is 0 Å². The first kappa shape index (κ1) is 28.5. The third-order valence-corrected chi connectivity index (χ3v) is 5.15. The summed E-state index contributed by atoms with van der Waals surface area (Å²) in [7, 11) is 0. The first-order valence-corrected chi connectivity index (χ1v) is 11.7. The zero-order chi connectivity index (χ0) is 28.4. The van der Waals surface area contributed by atoms with E-state index in [2.05, 4.69) is 20.9 Å². The lowest BCUT2D eigenvalue weighted by molar-refractivity contribution is 0.0857. The molecule has 0 bridgehead atoms. The Kier molecular flexibility index (Phi) is 8.04. The number of hydrogen-bond donors (Lipinski definition) is 2. The number of ketones is 1.